The van der Waals surface area contributed by atoms with E-state index in [9.17, 15) is 0 Å². The van der Waals surface area contributed by atoms with Gasteiger partial charge in [-0.05, 0) is 43.7 Å². The Hall–Kier alpha value is -0.900. The number of hydrogen-bond acceptors (Lipinski definition) is 3. The number of morpholine rings is 1. The molecule has 2 N–H and O–H groups in total. The lowest BCUT2D eigenvalue weighted by Crippen LogP contribution is -2.64. The smallest absolute Gasteiger partial charge is 0.0675 e. The predicted molar refractivity (Wildman–Crippen MR) is 86.5 cm³/mol. The summed E-state index contributed by atoms with van der Waals surface area (Å²) in [5.74, 6) is 0. The maximum absolute atomic E-state index is 6.31. The maximum Gasteiger partial charge on any atom is 0.0675 e. The highest BCUT2D eigenvalue weighted by molar-refractivity contribution is 5.32. The van der Waals surface area contributed by atoms with Crippen LogP contribution in [0.4, 0.5) is 0 Å². The Bertz CT molecular complexity index is 490. The Morgan fingerprint density at radius 2 is 2.10 bits per heavy atom. The van der Waals surface area contributed by atoms with Gasteiger partial charge in [-0.25, -0.2) is 0 Å². The molecule has 1 aromatic carbocycles. The van der Waals surface area contributed by atoms with Crippen molar-refractivity contribution in [1.29, 1.82) is 0 Å². The molecule has 116 valence electrons. The average Bonchev–Trinajstić information content (AvgIpc) is 2.54. The summed E-state index contributed by atoms with van der Waals surface area (Å²) < 4.78 is 5.88. The highest BCUT2D eigenvalue weighted by Crippen LogP contribution is 2.36. The van der Waals surface area contributed by atoms with Crippen molar-refractivity contribution >= 4 is 0 Å². The lowest BCUT2D eigenvalue weighted by Gasteiger charge is -2.52. The molecule has 3 rings (SSSR count). The molecule has 1 fully saturated rings. The summed E-state index contributed by atoms with van der Waals surface area (Å²) >= 11 is 0. The molecule has 0 bridgehead atoms. The van der Waals surface area contributed by atoms with Gasteiger partial charge in [-0.15, -0.1) is 0 Å². The fraction of sp³-hybridized carbons (Fsp3) is 0.667. The number of hydrogen-bond donors (Lipinski definition) is 1. The van der Waals surface area contributed by atoms with Crippen LogP contribution in [-0.2, 0) is 17.6 Å². The Labute approximate surface area is 128 Å². The zero-order valence-electron chi connectivity index (χ0n) is 13.3. The Morgan fingerprint density at radius 1 is 1.33 bits per heavy atom. The molecule has 0 spiro atoms. The van der Waals surface area contributed by atoms with Gasteiger partial charge in [0.2, 0.25) is 0 Å². The number of nitrogens with zero attached hydrogens (tertiary/aromatic N) is 1. The van der Waals surface area contributed by atoms with Crippen LogP contribution in [0.25, 0.3) is 0 Å². The van der Waals surface area contributed by atoms with E-state index in [2.05, 4.69) is 43.0 Å². The van der Waals surface area contributed by atoms with Crippen LogP contribution in [0.5, 0.6) is 0 Å². The second-order valence-corrected chi connectivity index (χ2v) is 6.73. The van der Waals surface area contributed by atoms with E-state index in [0.29, 0.717) is 12.1 Å². The minimum atomic E-state index is 0.118. The van der Waals surface area contributed by atoms with Crippen molar-refractivity contribution in [1.82, 2.24) is 4.90 Å². The maximum atomic E-state index is 6.31. The summed E-state index contributed by atoms with van der Waals surface area (Å²) in [7, 11) is 0. The Kier molecular flexibility index (Phi) is 4.34. The van der Waals surface area contributed by atoms with Crippen LogP contribution in [0, 0.1) is 0 Å². The fourth-order valence-corrected chi connectivity index (χ4v) is 4.08. The second kappa shape index (κ2) is 6.07. The lowest BCUT2D eigenvalue weighted by molar-refractivity contribution is -0.102. The van der Waals surface area contributed by atoms with E-state index in [-0.39, 0.29) is 5.54 Å². The Balaban J connectivity index is 1.90. The quantitative estimate of drug-likeness (QED) is 0.928. The number of rotatable bonds is 3. The van der Waals surface area contributed by atoms with Gasteiger partial charge in [-0.1, -0.05) is 31.2 Å². The normalized spacial score (nSPS) is 33.7. The minimum Gasteiger partial charge on any atom is -0.376 e. The summed E-state index contributed by atoms with van der Waals surface area (Å²) in [5, 5.41) is 0. The fourth-order valence-electron chi connectivity index (χ4n) is 4.08. The third-order valence-electron chi connectivity index (χ3n) is 5.43. The molecule has 1 saturated heterocycles. The van der Waals surface area contributed by atoms with E-state index in [1.165, 1.54) is 17.5 Å². The predicted octanol–water partition coefficient (Wildman–Crippen LogP) is 2.37. The number of nitrogens with two attached hydrogens (primary N) is 1. The molecule has 0 radical (unpaired) electrons. The summed E-state index contributed by atoms with van der Waals surface area (Å²) in [4.78, 5) is 2.68. The molecular formula is C18H28N2O. The first-order valence-electron chi connectivity index (χ1n) is 8.33. The van der Waals surface area contributed by atoms with Crippen LogP contribution >= 0.6 is 0 Å². The topological polar surface area (TPSA) is 38.5 Å². The lowest BCUT2D eigenvalue weighted by atomic mass is 9.75. The summed E-state index contributed by atoms with van der Waals surface area (Å²) in [6, 6.07) is 9.37. The summed E-state index contributed by atoms with van der Waals surface area (Å²) in [6.45, 7) is 7.04. The van der Waals surface area contributed by atoms with E-state index < -0.39 is 0 Å². The van der Waals surface area contributed by atoms with Crippen LogP contribution in [-0.4, -0.2) is 42.3 Å². The number of benzene rings is 1. The molecule has 1 aliphatic carbocycles. The van der Waals surface area contributed by atoms with Crippen LogP contribution in [0.2, 0.25) is 0 Å². The van der Waals surface area contributed by atoms with E-state index in [4.69, 9.17) is 10.5 Å². The van der Waals surface area contributed by atoms with Crippen LogP contribution < -0.4 is 5.73 Å². The van der Waals surface area contributed by atoms with E-state index in [0.717, 1.165) is 39.0 Å². The van der Waals surface area contributed by atoms with Gasteiger partial charge in [0.25, 0.3) is 0 Å². The molecule has 1 heterocycles. The van der Waals surface area contributed by atoms with Gasteiger partial charge < -0.3 is 10.5 Å². The van der Waals surface area contributed by atoms with Crippen LogP contribution in [0.1, 0.15) is 37.8 Å². The van der Waals surface area contributed by atoms with Crippen molar-refractivity contribution in [2.45, 2.75) is 57.2 Å². The molecule has 21 heavy (non-hydrogen) atoms. The highest BCUT2D eigenvalue weighted by atomic mass is 16.5. The van der Waals surface area contributed by atoms with Crippen molar-refractivity contribution < 1.29 is 4.74 Å². The van der Waals surface area contributed by atoms with E-state index >= 15 is 0 Å². The third kappa shape index (κ3) is 2.75. The molecule has 0 aromatic heterocycles. The van der Waals surface area contributed by atoms with Gasteiger partial charge in [0.15, 0.2) is 0 Å². The van der Waals surface area contributed by atoms with Crippen LogP contribution in [0.15, 0.2) is 24.3 Å². The minimum absolute atomic E-state index is 0.118. The molecule has 0 saturated carbocycles. The molecule has 3 unspecified atom stereocenters. The standard InChI is InChI=1S/C18H28N2O/c1-3-17-12-21-14(2)11-20(17)18(13-19)9-8-15-6-4-5-7-16(15)10-18/h4-7,14,17H,3,8-13,19H2,1-2H3. The van der Waals surface area contributed by atoms with Gasteiger partial charge in [0.05, 0.1) is 12.7 Å². The van der Waals surface area contributed by atoms with Crippen molar-refractivity contribution in [3.63, 3.8) is 0 Å². The zero-order valence-corrected chi connectivity index (χ0v) is 13.3. The monoisotopic (exact) mass is 288 g/mol. The number of fused-ring (bicyclic) bond motifs is 1. The molecule has 2 aliphatic rings. The highest BCUT2D eigenvalue weighted by Gasteiger charge is 2.43. The molecule has 3 heteroatoms. The number of ether oxygens (including phenoxy) is 1. The number of aryl methyl sites for hydroxylation is 1. The molecular weight excluding hydrogens is 260 g/mol. The summed E-state index contributed by atoms with van der Waals surface area (Å²) in [5.41, 5.74) is 9.42. The molecule has 3 nitrogen and oxygen atoms in total. The SMILES string of the molecule is CCC1COC(C)CN1C1(CN)CCc2ccccc2C1. The zero-order chi connectivity index (χ0) is 14.9. The largest absolute Gasteiger partial charge is 0.376 e. The van der Waals surface area contributed by atoms with E-state index in [1.54, 1.807) is 0 Å². The molecule has 1 aromatic rings. The van der Waals surface area contributed by atoms with Crippen molar-refractivity contribution in [3.8, 4) is 0 Å². The first-order chi connectivity index (χ1) is 10.2. The second-order valence-electron chi connectivity index (χ2n) is 6.73. The van der Waals surface area contributed by atoms with Gasteiger partial charge in [-0.3, -0.25) is 4.90 Å². The molecule has 0 amide bonds. The van der Waals surface area contributed by atoms with Gasteiger partial charge in [-0.2, -0.15) is 0 Å². The Morgan fingerprint density at radius 3 is 2.81 bits per heavy atom. The summed E-state index contributed by atoms with van der Waals surface area (Å²) in [6.07, 6.45) is 4.85. The molecule has 3 atom stereocenters. The van der Waals surface area contributed by atoms with Gasteiger partial charge >= 0.3 is 0 Å². The first-order valence-corrected chi connectivity index (χ1v) is 8.33. The van der Waals surface area contributed by atoms with E-state index in [1.807, 2.05) is 0 Å². The van der Waals surface area contributed by atoms with Crippen LogP contribution in [0.3, 0.4) is 0 Å². The van der Waals surface area contributed by atoms with Crippen molar-refractivity contribution in [3.05, 3.63) is 35.4 Å². The van der Waals surface area contributed by atoms with Crippen molar-refractivity contribution in [2.24, 2.45) is 5.73 Å². The first kappa shape index (κ1) is 15.0. The van der Waals surface area contributed by atoms with Gasteiger partial charge in [0.1, 0.15) is 0 Å². The third-order valence-corrected chi connectivity index (χ3v) is 5.43. The van der Waals surface area contributed by atoms with Crippen molar-refractivity contribution in [2.75, 3.05) is 19.7 Å². The average molecular weight is 288 g/mol. The molecule has 1 aliphatic heterocycles. The van der Waals surface area contributed by atoms with Gasteiger partial charge in [0, 0.05) is 24.7 Å².